The molecule has 2 aromatic carbocycles. The van der Waals surface area contributed by atoms with Crippen molar-refractivity contribution >= 4 is 12.6 Å². The number of carbonyl (C=O) groups is 2. The second-order valence-corrected chi connectivity index (χ2v) is 3.93. The van der Waals surface area contributed by atoms with Crippen LogP contribution in [-0.2, 0) is 16.5 Å². The molecular weight excluding hydrogens is 343 g/mol. The van der Waals surface area contributed by atoms with Crippen LogP contribution in [0.25, 0.3) is 0 Å². The Morgan fingerprint density at radius 1 is 0.739 bits per heavy atom. The van der Waals surface area contributed by atoms with Crippen LogP contribution in [-0.4, -0.2) is 35.9 Å². The van der Waals surface area contributed by atoms with E-state index in [0.29, 0.717) is 36.8 Å². The molecule has 0 heterocycles. The molecule has 0 radical (unpaired) electrons. The van der Waals surface area contributed by atoms with Crippen LogP contribution < -0.4 is 11.5 Å². The van der Waals surface area contributed by atoms with Gasteiger partial charge in [-0.25, -0.2) is 0 Å². The number of aromatic hydroxyl groups is 2. The molecule has 128 valence electrons. The smallest absolute Gasteiger partial charge is 0.153 e. The molecule has 6 nitrogen and oxygen atoms in total. The first-order chi connectivity index (χ1) is 10.6. The third-order valence-corrected chi connectivity index (χ3v) is 2.29. The van der Waals surface area contributed by atoms with E-state index in [1.165, 1.54) is 12.1 Å². The van der Waals surface area contributed by atoms with Crippen LogP contribution in [0.1, 0.15) is 20.7 Å². The maximum atomic E-state index is 10.1. The second kappa shape index (κ2) is 14.7. The van der Waals surface area contributed by atoms with E-state index in [9.17, 15) is 9.59 Å². The van der Waals surface area contributed by atoms with Crippen LogP contribution >= 0.6 is 0 Å². The van der Waals surface area contributed by atoms with E-state index in [1.54, 1.807) is 36.4 Å². The minimum Gasteiger partial charge on any atom is -0.507 e. The molecule has 0 aliphatic heterocycles. The van der Waals surface area contributed by atoms with Gasteiger partial charge in [-0.3, -0.25) is 9.59 Å². The Morgan fingerprint density at radius 3 is 1.22 bits per heavy atom. The van der Waals surface area contributed by atoms with Gasteiger partial charge in [-0.2, -0.15) is 0 Å². The number of hydrogen-bond acceptors (Lipinski definition) is 6. The second-order valence-electron chi connectivity index (χ2n) is 3.93. The van der Waals surface area contributed by atoms with Crippen molar-refractivity contribution in [3.63, 3.8) is 0 Å². The van der Waals surface area contributed by atoms with E-state index in [2.05, 4.69) is 0 Å². The summed E-state index contributed by atoms with van der Waals surface area (Å²) in [6.07, 6.45) is 1.24. The Hall–Kier alpha value is -2.21. The molecule has 0 fully saturated rings. The quantitative estimate of drug-likeness (QED) is 0.481. The number of hydrogen-bond donors (Lipinski definition) is 4. The van der Waals surface area contributed by atoms with Gasteiger partial charge in [0.25, 0.3) is 0 Å². The van der Waals surface area contributed by atoms with Crippen LogP contribution in [0.2, 0.25) is 0 Å². The summed E-state index contributed by atoms with van der Waals surface area (Å²) in [5.41, 5.74) is 10.5. The van der Waals surface area contributed by atoms with Gasteiger partial charge < -0.3 is 21.7 Å². The van der Waals surface area contributed by atoms with Gasteiger partial charge in [0.1, 0.15) is 11.5 Å². The molecule has 0 amide bonds. The molecule has 0 spiro atoms. The molecule has 2 aromatic rings. The summed E-state index contributed by atoms with van der Waals surface area (Å²) in [5, 5.41) is 17.8. The Kier molecular flexibility index (Phi) is 14.8. The third-order valence-electron chi connectivity index (χ3n) is 2.29. The fourth-order valence-corrected chi connectivity index (χ4v) is 1.17. The van der Waals surface area contributed by atoms with Crippen LogP contribution in [0.4, 0.5) is 0 Å². The fourth-order valence-electron chi connectivity index (χ4n) is 1.17. The van der Waals surface area contributed by atoms with Crippen molar-refractivity contribution in [1.29, 1.82) is 0 Å². The first kappa shape index (κ1) is 23.1. The maximum absolute atomic E-state index is 10.1. The van der Waals surface area contributed by atoms with Gasteiger partial charge in [-0.05, 0) is 24.3 Å². The van der Waals surface area contributed by atoms with Crippen molar-refractivity contribution in [2.75, 3.05) is 13.1 Å². The van der Waals surface area contributed by atoms with E-state index in [0.717, 1.165) is 0 Å². The molecule has 0 aliphatic rings. The van der Waals surface area contributed by atoms with E-state index < -0.39 is 0 Å². The number of nitrogens with two attached hydrogens (primary N) is 2. The van der Waals surface area contributed by atoms with Crippen LogP contribution in [0, 0.1) is 0 Å². The van der Waals surface area contributed by atoms with Crippen molar-refractivity contribution in [3.8, 4) is 11.5 Å². The van der Waals surface area contributed by atoms with E-state index in [-0.39, 0.29) is 28.0 Å². The minimum absolute atomic E-state index is 0. The first-order valence-electron chi connectivity index (χ1n) is 6.47. The average Bonchev–Trinajstić information content (AvgIpc) is 2.56. The van der Waals surface area contributed by atoms with Gasteiger partial charge >= 0.3 is 0 Å². The van der Waals surface area contributed by atoms with E-state index in [1.807, 2.05) is 0 Å². The van der Waals surface area contributed by atoms with Crippen molar-refractivity contribution in [2.45, 2.75) is 0 Å². The number of benzene rings is 2. The fraction of sp³-hybridized carbons (Fsp3) is 0.125. The molecular formula is C16H20N2NiO4. The molecule has 0 bridgehead atoms. The Bertz CT molecular complexity index is 528. The molecule has 0 unspecified atom stereocenters. The topological polar surface area (TPSA) is 127 Å². The molecule has 23 heavy (non-hydrogen) atoms. The predicted molar refractivity (Wildman–Crippen MR) is 85.1 cm³/mol. The normalized spacial score (nSPS) is 8.26. The van der Waals surface area contributed by atoms with Crippen LogP contribution in [0.5, 0.6) is 11.5 Å². The van der Waals surface area contributed by atoms with Gasteiger partial charge in [0.2, 0.25) is 0 Å². The number of aldehydes is 2. The molecule has 0 atom stereocenters. The van der Waals surface area contributed by atoms with Gasteiger partial charge in [0.05, 0.1) is 11.1 Å². The maximum Gasteiger partial charge on any atom is 0.153 e. The van der Waals surface area contributed by atoms with Crippen molar-refractivity contribution in [2.24, 2.45) is 11.5 Å². The van der Waals surface area contributed by atoms with Gasteiger partial charge in [0, 0.05) is 29.6 Å². The van der Waals surface area contributed by atoms with Crippen molar-refractivity contribution in [3.05, 3.63) is 59.7 Å². The summed E-state index contributed by atoms with van der Waals surface area (Å²) in [5.74, 6) is 0.0694. The minimum atomic E-state index is 0. The van der Waals surface area contributed by atoms with E-state index in [4.69, 9.17) is 21.7 Å². The molecule has 7 heteroatoms. The standard InChI is InChI=1S/2C7H6O2.C2H8N2.Ni/c2*8-5-6-3-1-2-4-7(6)9;3-1-2-4;/h2*1-5,9H;1-4H2;. The Balaban J connectivity index is 0. The van der Waals surface area contributed by atoms with Gasteiger partial charge in [-0.15, -0.1) is 0 Å². The Morgan fingerprint density at radius 2 is 1.04 bits per heavy atom. The van der Waals surface area contributed by atoms with Crippen LogP contribution in [0.3, 0.4) is 0 Å². The molecule has 6 N–H and O–H groups in total. The van der Waals surface area contributed by atoms with Crippen molar-refractivity contribution < 1.29 is 36.3 Å². The zero-order valence-electron chi connectivity index (χ0n) is 12.4. The van der Waals surface area contributed by atoms with E-state index >= 15 is 0 Å². The number of rotatable bonds is 3. The van der Waals surface area contributed by atoms with Gasteiger partial charge in [0.15, 0.2) is 12.6 Å². The zero-order valence-corrected chi connectivity index (χ0v) is 13.4. The summed E-state index contributed by atoms with van der Waals surface area (Å²) in [7, 11) is 0. The average molecular weight is 363 g/mol. The zero-order chi connectivity index (χ0) is 16.8. The molecule has 0 aromatic heterocycles. The molecule has 0 aliphatic carbocycles. The number of para-hydroxylation sites is 2. The predicted octanol–water partition coefficient (Wildman–Crippen LogP) is 1.31. The molecule has 2 rings (SSSR count). The number of phenols is 2. The molecule has 0 saturated carbocycles. The SMILES string of the molecule is NCCN.O=Cc1ccccc1O.O=Cc1ccccc1O.[Ni]. The summed E-state index contributed by atoms with van der Waals surface area (Å²) >= 11 is 0. The third kappa shape index (κ3) is 10.2. The number of phenolic OH excluding ortho intramolecular Hbond substituents is 2. The Labute approximate surface area is 145 Å². The molecule has 0 saturated heterocycles. The van der Waals surface area contributed by atoms with Gasteiger partial charge in [-0.1, -0.05) is 24.3 Å². The summed E-state index contributed by atoms with van der Waals surface area (Å²) < 4.78 is 0. The number of carbonyl (C=O) groups excluding carboxylic acids is 2. The summed E-state index contributed by atoms with van der Waals surface area (Å²) in [6, 6.07) is 12.8. The first-order valence-corrected chi connectivity index (χ1v) is 6.47. The summed E-state index contributed by atoms with van der Waals surface area (Å²) in [6.45, 7) is 1.19. The van der Waals surface area contributed by atoms with Crippen molar-refractivity contribution in [1.82, 2.24) is 0 Å². The summed E-state index contributed by atoms with van der Waals surface area (Å²) in [4.78, 5) is 20.1. The monoisotopic (exact) mass is 362 g/mol. The largest absolute Gasteiger partial charge is 0.507 e. The van der Waals surface area contributed by atoms with Crippen LogP contribution in [0.15, 0.2) is 48.5 Å².